The number of nitrogens with one attached hydrogen (secondary N) is 1. The molecule has 42 heavy (non-hydrogen) atoms. The minimum Gasteiger partial charge on any atom is -0.327 e. The molecule has 1 N–H and O–H groups in total. The maximum atomic E-state index is 15.4. The summed E-state index contributed by atoms with van der Waals surface area (Å²) < 4.78 is 30.0. The SMILES string of the molecule is CC(=O)c1cc(CC(=O)N2C[C@H](F)C[C@H]2C(=O)Nc2cccc(-c3ccccc3Cl)c2F)cc(-c2cnc(C)nc2)c1. The van der Waals surface area contributed by atoms with Gasteiger partial charge in [-0.3, -0.25) is 14.4 Å². The van der Waals surface area contributed by atoms with Crippen LogP contribution in [0.2, 0.25) is 5.02 Å². The highest BCUT2D eigenvalue weighted by atomic mass is 35.5. The van der Waals surface area contributed by atoms with Gasteiger partial charge in [-0.2, -0.15) is 0 Å². The predicted octanol–water partition coefficient (Wildman–Crippen LogP) is 6.23. The van der Waals surface area contributed by atoms with Crippen molar-refractivity contribution in [1.82, 2.24) is 14.9 Å². The number of carbonyl (C=O) groups excluding carboxylic acids is 3. The Kier molecular flexibility index (Phi) is 8.40. The number of ketones is 1. The average Bonchev–Trinajstić information content (AvgIpc) is 3.37. The zero-order valence-electron chi connectivity index (χ0n) is 22.9. The van der Waals surface area contributed by atoms with E-state index in [0.29, 0.717) is 38.7 Å². The van der Waals surface area contributed by atoms with Gasteiger partial charge in [0.2, 0.25) is 11.8 Å². The number of rotatable bonds is 7. The Morgan fingerprint density at radius 3 is 2.43 bits per heavy atom. The molecule has 1 aromatic heterocycles. The van der Waals surface area contributed by atoms with Gasteiger partial charge in [0.15, 0.2) is 11.6 Å². The van der Waals surface area contributed by atoms with E-state index in [-0.39, 0.29) is 36.4 Å². The van der Waals surface area contributed by atoms with Crippen molar-refractivity contribution in [3.63, 3.8) is 0 Å². The van der Waals surface area contributed by atoms with E-state index in [4.69, 9.17) is 11.6 Å². The lowest BCUT2D eigenvalue weighted by Gasteiger charge is -2.24. The van der Waals surface area contributed by atoms with Crippen LogP contribution in [-0.4, -0.2) is 51.2 Å². The molecule has 7 nitrogen and oxygen atoms in total. The van der Waals surface area contributed by atoms with Crippen LogP contribution in [0.15, 0.2) is 73.1 Å². The summed E-state index contributed by atoms with van der Waals surface area (Å²) in [6.45, 7) is 2.90. The van der Waals surface area contributed by atoms with Crippen LogP contribution in [0.1, 0.15) is 35.1 Å². The number of Topliss-reactive ketones (excluding diaryl/α,β-unsaturated/α-hetero) is 1. The van der Waals surface area contributed by atoms with Crippen molar-refractivity contribution >= 4 is 34.9 Å². The molecule has 2 atom stereocenters. The highest BCUT2D eigenvalue weighted by molar-refractivity contribution is 6.33. The molecule has 1 fully saturated rings. The number of amides is 2. The molecule has 3 aromatic carbocycles. The highest BCUT2D eigenvalue weighted by Crippen LogP contribution is 2.33. The number of carbonyl (C=O) groups is 3. The van der Waals surface area contributed by atoms with Gasteiger partial charge >= 0.3 is 0 Å². The lowest BCUT2D eigenvalue weighted by molar-refractivity contribution is -0.136. The van der Waals surface area contributed by atoms with Crippen molar-refractivity contribution in [2.75, 3.05) is 11.9 Å². The van der Waals surface area contributed by atoms with Crippen LogP contribution < -0.4 is 5.32 Å². The van der Waals surface area contributed by atoms with Crippen LogP contribution in [0.25, 0.3) is 22.3 Å². The van der Waals surface area contributed by atoms with Crippen LogP contribution in [-0.2, 0) is 16.0 Å². The van der Waals surface area contributed by atoms with Gasteiger partial charge < -0.3 is 10.2 Å². The van der Waals surface area contributed by atoms with E-state index in [1.54, 1.807) is 73.9 Å². The molecule has 0 spiro atoms. The smallest absolute Gasteiger partial charge is 0.247 e. The summed E-state index contributed by atoms with van der Waals surface area (Å²) >= 11 is 6.24. The van der Waals surface area contributed by atoms with Gasteiger partial charge in [-0.25, -0.2) is 18.7 Å². The molecule has 5 rings (SSSR count). The number of halogens is 3. The molecule has 4 aromatic rings. The first-order valence-corrected chi connectivity index (χ1v) is 13.7. The Labute approximate surface area is 246 Å². The van der Waals surface area contributed by atoms with E-state index < -0.39 is 29.8 Å². The normalized spacial score (nSPS) is 16.4. The summed E-state index contributed by atoms with van der Waals surface area (Å²) in [5, 5.41) is 2.88. The molecular weight excluding hydrogens is 562 g/mol. The molecule has 0 unspecified atom stereocenters. The van der Waals surface area contributed by atoms with E-state index in [0.717, 1.165) is 0 Å². The summed E-state index contributed by atoms with van der Waals surface area (Å²) in [7, 11) is 0. The average molecular weight is 589 g/mol. The van der Waals surface area contributed by atoms with E-state index >= 15 is 4.39 Å². The van der Waals surface area contributed by atoms with Gasteiger partial charge in [-0.15, -0.1) is 0 Å². The first kappa shape index (κ1) is 29.0. The molecule has 214 valence electrons. The fourth-order valence-corrected chi connectivity index (χ4v) is 5.26. The van der Waals surface area contributed by atoms with Gasteiger partial charge in [0, 0.05) is 46.1 Å². The Bertz CT molecular complexity index is 1680. The number of hydrogen-bond donors (Lipinski definition) is 1. The fourth-order valence-electron chi connectivity index (χ4n) is 5.02. The number of aryl methyl sites for hydroxylation is 1. The first-order valence-electron chi connectivity index (χ1n) is 13.3. The molecule has 1 aliphatic heterocycles. The highest BCUT2D eigenvalue weighted by Gasteiger charge is 2.40. The molecule has 2 heterocycles. The minimum absolute atomic E-state index is 0.105. The van der Waals surface area contributed by atoms with Crippen LogP contribution >= 0.6 is 11.6 Å². The van der Waals surface area contributed by atoms with Gasteiger partial charge in [-0.05, 0) is 49.2 Å². The molecule has 2 amide bonds. The summed E-state index contributed by atoms with van der Waals surface area (Å²) in [6.07, 6.45) is 1.44. The number of benzene rings is 3. The number of nitrogens with zero attached hydrogens (tertiary/aromatic N) is 3. The van der Waals surface area contributed by atoms with Crippen molar-refractivity contribution in [2.45, 2.75) is 38.9 Å². The third-order valence-electron chi connectivity index (χ3n) is 7.16. The molecule has 0 radical (unpaired) electrons. The summed E-state index contributed by atoms with van der Waals surface area (Å²) in [5.74, 6) is -1.49. The number of alkyl halides is 1. The minimum atomic E-state index is -1.42. The Balaban J connectivity index is 1.37. The lowest BCUT2D eigenvalue weighted by Crippen LogP contribution is -2.44. The van der Waals surface area contributed by atoms with Crippen molar-refractivity contribution in [3.8, 4) is 22.3 Å². The maximum Gasteiger partial charge on any atom is 0.247 e. The van der Waals surface area contributed by atoms with Gasteiger partial charge in [-0.1, -0.05) is 48.0 Å². The molecule has 0 aliphatic carbocycles. The van der Waals surface area contributed by atoms with Crippen molar-refractivity contribution in [3.05, 3.63) is 101 Å². The number of hydrogen-bond acceptors (Lipinski definition) is 5. The largest absolute Gasteiger partial charge is 0.327 e. The fraction of sp³-hybridized carbons (Fsp3) is 0.219. The molecule has 0 bridgehead atoms. The van der Waals surface area contributed by atoms with E-state index in [1.807, 2.05) is 0 Å². The van der Waals surface area contributed by atoms with Crippen molar-refractivity contribution in [1.29, 1.82) is 0 Å². The van der Waals surface area contributed by atoms with E-state index in [9.17, 15) is 18.8 Å². The zero-order chi connectivity index (χ0) is 30.0. The molecule has 1 saturated heterocycles. The monoisotopic (exact) mass is 588 g/mol. The second-order valence-corrected chi connectivity index (χ2v) is 10.6. The van der Waals surface area contributed by atoms with Crippen molar-refractivity contribution < 1.29 is 23.2 Å². The standard InChI is InChI=1S/C32H27ClF2N4O3/c1-18(40)21-10-20(11-22(13-21)23-15-36-19(2)37-16-23)12-30(41)39-17-24(34)14-29(39)32(42)38-28-9-5-7-26(31(28)35)25-6-3-4-8-27(25)33/h3-11,13,15-16,24,29H,12,14,17H2,1-2H3,(H,38,42)/t24-,29+/m1/s1. The second-order valence-electron chi connectivity index (χ2n) is 10.2. The third-order valence-corrected chi connectivity index (χ3v) is 7.49. The molecule has 10 heteroatoms. The summed E-state index contributed by atoms with van der Waals surface area (Å²) in [6, 6.07) is 15.2. The second kappa shape index (κ2) is 12.2. The molecular formula is C32H27ClF2N4O3. The Hall–Kier alpha value is -4.50. The van der Waals surface area contributed by atoms with Gasteiger partial charge in [0.05, 0.1) is 18.7 Å². The third kappa shape index (κ3) is 6.21. The van der Waals surface area contributed by atoms with Gasteiger partial charge in [0.1, 0.15) is 18.0 Å². The van der Waals surface area contributed by atoms with E-state index in [1.165, 1.54) is 17.9 Å². The maximum absolute atomic E-state index is 15.4. The summed E-state index contributed by atoms with van der Waals surface area (Å²) in [5.41, 5.74) is 2.78. The number of anilines is 1. The zero-order valence-corrected chi connectivity index (χ0v) is 23.7. The van der Waals surface area contributed by atoms with Crippen LogP contribution in [0.5, 0.6) is 0 Å². The van der Waals surface area contributed by atoms with Crippen molar-refractivity contribution in [2.24, 2.45) is 0 Å². The Morgan fingerprint density at radius 1 is 1.00 bits per heavy atom. The Morgan fingerprint density at radius 2 is 1.71 bits per heavy atom. The lowest BCUT2D eigenvalue weighted by atomic mass is 9.98. The quantitative estimate of drug-likeness (QED) is 0.258. The summed E-state index contributed by atoms with van der Waals surface area (Å²) in [4.78, 5) is 48.5. The number of aromatic nitrogens is 2. The van der Waals surface area contributed by atoms with Crippen LogP contribution in [0.4, 0.5) is 14.5 Å². The topological polar surface area (TPSA) is 92.3 Å². The predicted molar refractivity (Wildman–Crippen MR) is 156 cm³/mol. The molecule has 0 saturated carbocycles. The van der Waals surface area contributed by atoms with Crippen LogP contribution in [0, 0.1) is 12.7 Å². The first-order chi connectivity index (χ1) is 20.1. The van der Waals surface area contributed by atoms with E-state index in [2.05, 4.69) is 15.3 Å². The number of likely N-dealkylation sites (tertiary alicyclic amines) is 1. The van der Waals surface area contributed by atoms with Crippen LogP contribution in [0.3, 0.4) is 0 Å². The molecule has 1 aliphatic rings. The van der Waals surface area contributed by atoms with Gasteiger partial charge in [0.25, 0.3) is 0 Å².